The number of guanidine groups is 1. The van der Waals surface area contributed by atoms with E-state index in [1.165, 1.54) is 24.8 Å². The van der Waals surface area contributed by atoms with Crippen LogP contribution in [-0.2, 0) is 11.3 Å². The molecule has 2 saturated heterocycles. The van der Waals surface area contributed by atoms with Gasteiger partial charge in [0.05, 0.1) is 6.54 Å². The molecule has 2 aliphatic heterocycles. The first-order valence-electron chi connectivity index (χ1n) is 10.7. The maximum absolute atomic E-state index is 11.9. The lowest BCUT2D eigenvalue weighted by atomic mass is 10.1. The molecule has 0 radical (unpaired) electrons. The quantitative estimate of drug-likeness (QED) is 0.347. The third-order valence-corrected chi connectivity index (χ3v) is 5.44. The van der Waals surface area contributed by atoms with E-state index in [4.69, 9.17) is 4.99 Å². The lowest BCUT2D eigenvalue weighted by Crippen LogP contribution is -2.45. The van der Waals surface area contributed by atoms with Crippen molar-refractivity contribution in [3.8, 4) is 0 Å². The minimum Gasteiger partial charge on any atom is -0.357 e. The van der Waals surface area contributed by atoms with E-state index in [0.717, 1.165) is 50.9 Å². The van der Waals surface area contributed by atoms with Gasteiger partial charge in [-0.25, -0.2) is 9.98 Å². The van der Waals surface area contributed by atoms with E-state index in [9.17, 15) is 4.79 Å². The molecular formula is C21H35IN6O. The molecule has 29 heavy (non-hydrogen) atoms. The molecule has 1 unspecified atom stereocenters. The molecule has 8 heteroatoms. The summed E-state index contributed by atoms with van der Waals surface area (Å²) in [4.78, 5) is 25.5. The monoisotopic (exact) mass is 514 g/mol. The first kappa shape index (κ1) is 23.7. The van der Waals surface area contributed by atoms with Gasteiger partial charge in [0.25, 0.3) is 0 Å². The minimum atomic E-state index is 0. The third-order valence-electron chi connectivity index (χ3n) is 5.44. The number of anilines is 1. The molecule has 0 spiro atoms. The predicted octanol–water partition coefficient (Wildman–Crippen LogP) is 2.76. The average Bonchev–Trinajstić information content (AvgIpc) is 3.21. The zero-order valence-electron chi connectivity index (χ0n) is 17.7. The second-order valence-corrected chi connectivity index (χ2v) is 7.59. The Morgan fingerprint density at radius 1 is 1.24 bits per heavy atom. The highest BCUT2D eigenvalue weighted by atomic mass is 127. The molecule has 3 rings (SSSR count). The molecule has 0 saturated carbocycles. The first-order chi connectivity index (χ1) is 13.7. The normalized spacial score (nSPS) is 19.7. The molecule has 3 heterocycles. The zero-order valence-corrected chi connectivity index (χ0v) is 20.0. The van der Waals surface area contributed by atoms with Gasteiger partial charge in [0.1, 0.15) is 5.82 Å². The summed E-state index contributed by atoms with van der Waals surface area (Å²) in [5, 5.41) is 6.82. The van der Waals surface area contributed by atoms with Gasteiger partial charge in [0.2, 0.25) is 5.91 Å². The van der Waals surface area contributed by atoms with Gasteiger partial charge in [-0.3, -0.25) is 4.79 Å². The largest absolute Gasteiger partial charge is 0.357 e. The number of rotatable bonds is 6. The average molecular weight is 514 g/mol. The fourth-order valence-electron chi connectivity index (χ4n) is 3.87. The Balaban J connectivity index is 0.00000300. The fourth-order valence-corrected chi connectivity index (χ4v) is 3.87. The van der Waals surface area contributed by atoms with Crippen LogP contribution >= 0.6 is 24.0 Å². The molecule has 0 bridgehead atoms. The van der Waals surface area contributed by atoms with Crippen molar-refractivity contribution in [3.05, 3.63) is 23.9 Å². The van der Waals surface area contributed by atoms with Crippen LogP contribution in [0, 0.1) is 0 Å². The summed E-state index contributed by atoms with van der Waals surface area (Å²) in [5.41, 5.74) is 1.17. The van der Waals surface area contributed by atoms with Crippen LogP contribution in [0.25, 0.3) is 0 Å². The van der Waals surface area contributed by atoms with Crippen LogP contribution in [0.3, 0.4) is 0 Å². The highest BCUT2D eigenvalue weighted by Crippen LogP contribution is 2.18. The second-order valence-electron chi connectivity index (χ2n) is 7.59. The Bertz CT molecular complexity index is 677. The van der Waals surface area contributed by atoms with E-state index >= 15 is 0 Å². The van der Waals surface area contributed by atoms with Crippen LogP contribution in [0.1, 0.15) is 51.5 Å². The van der Waals surface area contributed by atoms with E-state index in [-0.39, 0.29) is 35.9 Å². The minimum absolute atomic E-state index is 0. The van der Waals surface area contributed by atoms with Gasteiger partial charge in [-0.1, -0.05) is 6.92 Å². The Hall–Kier alpha value is -1.58. The molecular weight excluding hydrogens is 479 g/mol. The zero-order chi connectivity index (χ0) is 19.8. The highest BCUT2D eigenvalue weighted by Gasteiger charge is 2.25. The number of nitrogens with zero attached hydrogens (tertiary/aromatic N) is 4. The Kier molecular flexibility index (Phi) is 9.96. The summed E-state index contributed by atoms with van der Waals surface area (Å²) in [5.74, 6) is 2.11. The van der Waals surface area contributed by atoms with Crippen molar-refractivity contribution in [2.24, 2.45) is 4.99 Å². The number of amides is 1. The second kappa shape index (κ2) is 12.2. The van der Waals surface area contributed by atoms with Gasteiger partial charge in [-0.15, -0.1) is 24.0 Å². The van der Waals surface area contributed by atoms with Crippen LogP contribution in [-0.4, -0.2) is 60.5 Å². The summed E-state index contributed by atoms with van der Waals surface area (Å²) >= 11 is 0. The molecule has 1 aromatic heterocycles. The molecule has 0 aromatic carbocycles. The Morgan fingerprint density at radius 3 is 2.76 bits per heavy atom. The van der Waals surface area contributed by atoms with Crippen molar-refractivity contribution in [2.75, 3.05) is 37.6 Å². The van der Waals surface area contributed by atoms with Crippen molar-refractivity contribution in [1.29, 1.82) is 0 Å². The van der Waals surface area contributed by atoms with Crippen LogP contribution in [0.4, 0.5) is 5.82 Å². The molecule has 162 valence electrons. The number of aromatic nitrogens is 1. The van der Waals surface area contributed by atoms with Crippen molar-refractivity contribution < 1.29 is 4.79 Å². The number of hydrogen-bond donors (Lipinski definition) is 2. The highest BCUT2D eigenvalue weighted by molar-refractivity contribution is 14.0. The number of likely N-dealkylation sites (tertiary alicyclic amines) is 1. The van der Waals surface area contributed by atoms with Crippen molar-refractivity contribution in [1.82, 2.24) is 20.5 Å². The van der Waals surface area contributed by atoms with Crippen molar-refractivity contribution >= 4 is 41.7 Å². The number of hydrogen-bond acceptors (Lipinski definition) is 4. The third kappa shape index (κ3) is 7.01. The molecule has 2 N–H and O–H groups in total. The van der Waals surface area contributed by atoms with Gasteiger partial charge in [0, 0.05) is 51.4 Å². The number of piperidine rings is 1. The van der Waals surface area contributed by atoms with Crippen LogP contribution in [0.15, 0.2) is 23.3 Å². The van der Waals surface area contributed by atoms with Gasteiger partial charge in [0.15, 0.2) is 5.96 Å². The number of nitrogens with one attached hydrogen (secondary N) is 2. The first-order valence-corrected chi connectivity index (χ1v) is 10.7. The van der Waals surface area contributed by atoms with Gasteiger partial charge >= 0.3 is 0 Å². The lowest BCUT2D eigenvalue weighted by Gasteiger charge is -2.27. The van der Waals surface area contributed by atoms with Gasteiger partial charge in [-0.05, 0) is 50.3 Å². The lowest BCUT2D eigenvalue weighted by molar-refractivity contribution is -0.129. The Labute approximate surface area is 191 Å². The van der Waals surface area contributed by atoms with Crippen LogP contribution in [0.2, 0.25) is 0 Å². The summed E-state index contributed by atoms with van der Waals surface area (Å²) in [6, 6.07) is 4.46. The molecule has 1 atom stereocenters. The molecule has 1 amide bonds. The number of pyridine rings is 1. The van der Waals surface area contributed by atoms with Crippen molar-refractivity contribution in [2.45, 2.75) is 58.5 Å². The van der Waals surface area contributed by atoms with Crippen LogP contribution < -0.4 is 15.5 Å². The van der Waals surface area contributed by atoms with E-state index in [2.05, 4.69) is 33.5 Å². The Morgan fingerprint density at radius 2 is 2.03 bits per heavy atom. The molecule has 1 aromatic rings. The summed E-state index contributed by atoms with van der Waals surface area (Å²) in [6.45, 7) is 9.19. The molecule has 2 fully saturated rings. The summed E-state index contributed by atoms with van der Waals surface area (Å²) < 4.78 is 0. The van der Waals surface area contributed by atoms with Crippen molar-refractivity contribution in [3.63, 3.8) is 0 Å². The smallest absolute Gasteiger partial charge is 0.222 e. The number of halogens is 1. The molecule has 0 aliphatic carbocycles. The predicted molar refractivity (Wildman–Crippen MR) is 129 cm³/mol. The van der Waals surface area contributed by atoms with E-state index in [1.807, 2.05) is 24.1 Å². The fraction of sp³-hybridized carbons (Fsp3) is 0.667. The number of carbonyl (C=O) groups excluding carboxylic acids is 1. The van der Waals surface area contributed by atoms with E-state index in [0.29, 0.717) is 13.0 Å². The van der Waals surface area contributed by atoms with E-state index in [1.54, 1.807) is 0 Å². The molecule has 2 aliphatic rings. The maximum Gasteiger partial charge on any atom is 0.222 e. The maximum atomic E-state index is 11.9. The van der Waals surface area contributed by atoms with Gasteiger partial charge in [-0.2, -0.15) is 0 Å². The SMILES string of the molecule is CCNC(=NCc1ccnc(N2CCCCC2)c1)NC1CCN(C(=O)CC)C1.I. The summed E-state index contributed by atoms with van der Waals surface area (Å²) in [7, 11) is 0. The van der Waals surface area contributed by atoms with Crippen LogP contribution in [0.5, 0.6) is 0 Å². The van der Waals surface area contributed by atoms with E-state index < -0.39 is 0 Å². The topological polar surface area (TPSA) is 72.9 Å². The number of aliphatic imine (C=N–C) groups is 1. The van der Waals surface area contributed by atoms with Gasteiger partial charge < -0.3 is 20.4 Å². The summed E-state index contributed by atoms with van der Waals surface area (Å²) in [6.07, 6.45) is 7.24. The standard InChI is InChI=1S/C21H34N6O.HI/c1-3-20(28)27-13-9-18(16-27)25-21(22-4-2)24-15-17-8-10-23-19(14-17)26-11-6-5-7-12-26;/h8,10,14,18H,3-7,9,11-13,15-16H2,1-2H3,(H2,22,24,25);1H. The molecule has 7 nitrogen and oxygen atoms in total. The number of carbonyl (C=O) groups is 1.